The Morgan fingerprint density at radius 3 is 2.48 bits per heavy atom. The number of halogens is 3. The number of hydrogen-bond donors (Lipinski definition) is 1. The van der Waals surface area contributed by atoms with Gasteiger partial charge in [0.2, 0.25) is 0 Å². The van der Waals surface area contributed by atoms with Crippen LogP contribution in [0.25, 0.3) is 11.0 Å². The van der Waals surface area contributed by atoms with E-state index >= 15 is 4.39 Å². The average Bonchev–Trinajstić information content (AvgIpc) is 3.75. The van der Waals surface area contributed by atoms with Crippen LogP contribution in [-0.4, -0.2) is 44.7 Å². The number of ether oxygens (including phenoxy) is 2. The molecule has 0 spiro atoms. The summed E-state index contributed by atoms with van der Waals surface area (Å²) in [5, 5.41) is 27.9. The number of rotatable bonds is 12. The first kappa shape index (κ1) is 33.0. The highest BCUT2D eigenvalue weighted by Gasteiger charge is 2.44. The summed E-state index contributed by atoms with van der Waals surface area (Å²) < 4.78 is 58.1. The molecule has 1 aliphatic heterocycles. The number of imidazole rings is 1. The van der Waals surface area contributed by atoms with E-state index in [-0.39, 0.29) is 40.5 Å². The number of aromatic nitrogens is 2. The van der Waals surface area contributed by atoms with Crippen LogP contribution < -0.4 is 9.47 Å². The minimum Gasteiger partial charge on any atom is -0.490 e. The Kier molecular flexibility index (Phi) is 8.86. The molecule has 3 aromatic carbocycles. The van der Waals surface area contributed by atoms with Gasteiger partial charge in [-0.2, -0.15) is 10.5 Å². The molecule has 254 valence electrons. The summed E-state index contributed by atoms with van der Waals surface area (Å²) in [5.41, 5.74) is 1.46. The molecule has 1 aromatic heterocycles. The molecule has 7 rings (SSSR count). The number of fused-ring (bicyclic) bond motifs is 1. The highest BCUT2D eigenvalue weighted by molar-refractivity contribution is 5.81. The number of piperidine rings is 1. The molecular formula is C38H32F3N5O4. The molecule has 2 fully saturated rings. The third-order valence-electron chi connectivity index (χ3n) is 9.83. The van der Waals surface area contributed by atoms with Crippen LogP contribution in [0.15, 0.2) is 48.5 Å². The Bertz CT molecular complexity index is 2130. The van der Waals surface area contributed by atoms with Gasteiger partial charge in [-0.15, -0.1) is 0 Å². The predicted octanol–water partition coefficient (Wildman–Crippen LogP) is 6.44. The normalized spacial score (nSPS) is 19.5. The van der Waals surface area contributed by atoms with E-state index in [2.05, 4.69) is 22.8 Å². The van der Waals surface area contributed by atoms with E-state index in [1.165, 1.54) is 30.3 Å². The number of carboxylic acids is 1. The number of aliphatic carboxylic acids is 1. The molecule has 0 radical (unpaired) electrons. The molecule has 2 unspecified atom stereocenters. The third-order valence-corrected chi connectivity index (χ3v) is 9.83. The first-order valence-electron chi connectivity index (χ1n) is 16.4. The molecule has 3 aliphatic rings. The van der Waals surface area contributed by atoms with Crippen molar-refractivity contribution in [2.75, 3.05) is 13.1 Å². The van der Waals surface area contributed by atoms with E-state index in [4.69, 9.17) is 19.7 Å². The van der Waals surface area contributed by atoms with E-state index in [1.807, 2.05) is 10.6 Å². The highest BCUT2D eigenvalue weighted by atomic mass is 19.1. The summed E-state index contributed by atoms with van der Waals surface area (Å²) in [5.74, 6) is 2.30. The zero-order valence-corrected chi connectivity index (χ0v) is 27.0. The number of nitriles is 2. The monoisotopic (exact) mass is 679 g/mol. The van der Waals surface area contributed by atoms with Gasteiger partial charge in [0.1, 0.15) is 41.5 Å². The van der Waals surface area contributed by atoms with Gasteiger partial charge < -0.3 is 19.1 Å². The molecule has 1 saturated heterocycles. The minimum absolute atomic E-state index is 0.0873. The van der Waals surface area contributed by atoms with Crippen molar-refractivity contribution in [2.24, 2.45) is 11.3 Å². The van der Waals surface area contributed by atoms with Crippen LogP contribution in [0.2, 0.25) is 0 Å². The van der Waals surface area contributed by atoms with Gasteiger partial charge in [-0.05, 0) is 79.8 Å². The second kappa shape index (κ2) is 13.4. The van der Waals surface area contributed by atoms with Crippen LogP contribution in [0, 0.1) is 63.3 Å². The van der Waals surface area contributed by atoms with Crippen molar-refractivity contribution in [3.63, 3.8) is 0 Å². The lowest BCUT2D eigenvalue weighted by molar-refractivity contribution is -0.140. The number of nitrogens with zero attached hydrogens (tertiary/aromatic N) is 5. The Morgan fingerprint density at radius 2 is 1.82 bits per heavy atom. The largest absolute Gasteiger partial charge is 0.490 e. The lowest BCUT2D eigenvalue weighted by Gasteiger charge is -2.32. The van der Waals surface area contributed by atoms with Gasteiger partial charge in [-0.1, -0.05) is 11.8 Å². The van der Waals surface area contributed by atoms with Gasteiger partial charge in [-0.25, -0.2) is 18.2 Å². The fourth-order valence-electron chi connectivity index (χ4n) is 6.68. The lowest BCUT2D eigenvalue weighted by Crippen LogP contribution is -2.38. The number of carboxylic acid groups (broad SMARTS) is 1. The van der Waals surface area contributed by atoms with Crippen molar-refractivity contribution >= 4 is 17.0 Å². The Hall–Kier alpha value is -5.51. The van der Waals surface area contributed by atoms with E-state index in [9.17, 15) is 23.9 Å². The summed E-state index contributed by atoms with van der Waals surface area (Å²) in [7, 11) is 0. The molecule has 2 aliphatic carbocycles. The molecule has 50 heavy (non-hydrogen) atoms. The standard InChI is InChI=1S/C38H32F3N5O4/c39-30-5-2-27(16-25(30)21-49-34-6-1-23(19-43)15-31(34)40)50-26-7-13-45(14-8-26)20-35-44-36-32(41)17-24(28-3-4-29(28)37(47)48)18-33(36)46(35)22-38(9-10-38)11-12-42/h1-2,5-6,15-18,26,28-29H,7-11,13-14,20-22H2,(H,47,48). The van der Waals surface area contributed by atoms with Crippen LogP contribution in [0.3, 0.4) is 0 Å². The third kappa shape index (κ3) is 6.70. The van der Waals surface area contributed by atoms with Crippen molar-refractivity contribution in [2.45, 2.75) is 63.8 Å². The molecule has 4 aromatic rings. The molecule has 12 heteroatoms. The van der Waals surface area contributed by atoms with Crippen molar-refractivity contribution in [3.05, 3.63) is 88.5 Å². The summed E-state index contributed by atoms with van der Waals surface area (Å²) in [6, 6.07) is 15.5. The van der Waals surface area contributed by atoms with Crippen LogP contribution >= 0.6 is 0 Å². The van der Waals surface area contributed by atoms with Crippen molar-refractivity contribution < 1.29 is 32.5 Å². The quantitative estimate of drug-likeness (QED) is 0.170. The number of benzene rings is 3. The van der Waals surface area contributed by atoms with Gasteiger partial charge in [0, 0.05) is 37.0 Å². The number of likely N-dealkylation sites (tertiary alicyclic amines) is 1. The second-order valence-electron chi connectivity index (χ2n) is 13.3. The average molecular weight is 680 g/mol. The SMILES string of the molecule is N#CCC1(Cn2c(CN3CCC(Oc4ccc(F)c(COc5ccc(C#N)cc5F)c4)CC3)nc3c(F)cc(C4C#CC4C(=O)O)cc32)CC1. The zero-order chi connectivity index (χ0) is 35.0. The summed E-state index contributed by atoms with van der Waals surface area (Å²) in [6.07, 6.45) is 3.38. The van der Waals surface area contributed by atoms with Crippen LogP contribution in [0.1, 0.15) is 60.5 Å². The van der Waals surface area contributed by atoms with Gasteiger partial charge >= 0.3 is 5.97 Å². The van der Waals surface area contributed by atoms with Gasteiger partial charge in [0.15, 0.2) is 17.4 Å². The number of carbonyl (C=O) groups is 1. The van der Waals surface area contributed by atoms with Gasteiger partial charge in [0.25, 0.3) is 0 Å². The fraction of sp³-hybridized carbons (Fsp3) is 0.368. The molecule has 0 amide bonds. The second-order valence-corrected chi connectivity index (χ2v) is 13.3. The highest BCUT2D eigenvalue weighted by Crippen LogP contribution is 2.50. The molecule has 2 heterocycles. The summed E-state index contributed by atoms with van der Waals surface area (Å²) in [4.78, 5) is 18.6. The maximum absolute atomic E-state index is 15.5. The van der Waals surface area contributed by atoms with Crippen molar-refractivity contribution in [1.82, 2.24) is 14.5 Å². The summed E-state index contributed by atoms with van der Waals surface area (Å²) in [6.45, 7) is 2.07. The van der Waals surface area contributed by atoms with E-state index in [0.29, 0.717) is 68.1 Å². The van der Waals surface area contributed by atoms with Crippen LogP contribution in [-0.2, 0) is 24.5 Å². The Morgan fingerprint density at radius 1 is 1.02 bits per heavy atom. The predicted molar refractivity (Wildman–Crippen MR) is 174 cm³/mol. The minimum atomic E-state index is -1.04. The lowest BCUT2D eigenvalue weighted by atomic mass is 9.80. The molecular weight excluding hydrogens is 647 g/mol. The Labute approximate surface area is 286 Å². The van der Waals surface area contributed by atoms with E-state index in [0.717, 1.165) is 18.9 Å². The molecule has 0 bridgehead atoms. The molecule has 2 atom stereocenters. The van der Waals surface area contributed by atoms with Gasteiger partial charge in [-0.3, -0.25) is 9.69 Å². The smallest absolute Gasteiger partial charge is 0.320 e. The number of hydrogen-bond acceptors (Lipinski definition) is 7. The first-order valence-corrected chi connectivity index (χ1v) is 16.4. The maximum atomic E-state index is 15.5. The molecule has 1 saturated carbocycles. The Balaban J connectivity index is 1.03. The van der Waals surface area contributed by atoms with Crippen molar-refractivity contribution in [1.29, 1.82) is 10.5 Å². The van der Waals surface area contributed by atoms with E-state index in [1.54, 1.807) is 12.1 Å². The first-order chi connectivity index (χ1) is 24.1. The van der Waals surface area contributed by atoms with Crippen molar-refractivity contribution in [3.8, 4) is 35.5 Å². The molecule has 9 nitrogen and oxygen atoms in total. The fourth-order valence-corrected chi connectivity index (χ4v) is 6.68. The van der Waals surface area contributed by atoms with Crippen LogP contribution in [0.5, 0.6) is 11.5 Å². The topological polar surface area (TPSA) is 124 Å². The zero-order valence-electron chi connectivity index (χ0n) is 27.0. The molecule has 1 N–H and O–H groups in total. The summed E-state index contributed by atoms with van der Waals surface area (Å²) >= 11 is 0. The van der Waals surface area contributed by atoms with E-state index < -0.39 is 35.3 Å². The maximum Gasteiger partial charge on any atom is 0.320 e. The van der Waals surface area contributed by atoms with Crippen LogP contribution in [0.4, 0.5) is 13.2 Å². The van der Waals surface area contributed by atoms with Gasteiger partial charge in [0.05, 0.1) is 35.7 Å².